The van der Waals surface area contributed by atoms with Crippen LogP contribution in [-0.4, -0.2) is 24.0 Å². The molecule has 0 saturated carbocycles. The molecule has 1 heterocycles. The van der Waals surface area contributed by atoms with Gasteiger partial charge in [0.05, 0.1) is 6.61 Å². The number of benzene rings is 1. The Kier molecular flexibility index (Phi) is 6.51. The van der Waals surface area contributed by atoms with E-state index in [0.717, 1.165) is 29.3 Å². The van der Waals surface area contributed by atoms with E-state index in [0.29, 0.717) is 25.0 Å². The van der Waals surface area contributed by atoms with Crippen molar-refractivity contribution in [2.24, 2.45) is 0 Å². The van der Waals surface area contributed by atoms with Gasteiger partial charge in [-0.05, 0) is 55.0 Å². The number of carbonyl (C=O) groups is 1. The van der Waals surface area contributed by atoms with Gasteiger partial charge < -0.3 is 9.64 Å². The van der Waals surface area contributed by atoms with Crippen molar-refractivity contribution in [2.45, 2.75) is 33.1 Å². The third-order valence-electron chi connectivity index (χ3n) is 4.10. The molecule has 134 valence electrons. The third kappa shape index (κ3) is 4.78. The fraction of sp³-hybridized carbons (Fsp3) is 0.350. The Labute approximate surface area is 147 Å². The summed E-state index contributed by atoms with van der Waals surface area (Å²) in [6, 6.07) is 4.16. The molecular formula is C20H23F2NO2. The van der Waals surface area contributed by atoms with Gasteiger partial charge in [-0.15, -0.1) is 0 Å². The Hall–Kier alpha value is -2.43. The van der Waals surface area contributed by atoms with Crippen molar-refractivity contribution in [1.29, 1.82) is 0 Å². The first kappa shape index (κ1) is 18.9. The maximum atomic E-state index is 13.8. The van der Waals surface area contributed by atoms with Gasteiger partial charge in [0.2, 0.25) is 0 Å². The van der Waals surface area contributed by atoms with Crippen LogP contribution in [0.3, 0.4) is 0 Å². The van der Waals surface area contributed by atoms with Crippen molar-refractivity contribution in [1.82, 2.24) is 4.90 Å². The monoisotopic (exact) mass is 347 g/mol. The second-order valence-electron chi connectivity index (χ2n) is 5.81. The molecule has 2 rings (SSSR count). The molecular weight excluding hydrogens is 324 g/mol. The molecule has 1 aliphatic rings. The van der Waals surface area contributed by atoms with Gasteiger partial charge in [0.1, 0.15) is 6.54 Å². The molecule has 0 atom stereocenters. The van der Waals surface area contributed by atoms with Crippen LogP contribution in [0.15, 0.2) is 53.9 Å². The number of carbonyl (C=O) groups excluding carboxylic acids is 1. The fourth-order valence-corrected chi connectivity index (χ4v) is 2.76. The Morgan fingerprint density at radius 1 is 1.24 bits per heavy atom. The molecule has 3 nitrogen and oxygen atoms in total. The van der Waals surface area contributed by atoms with E-state index in [-0.39, 0.29) is 12.5 Å². The highest BCUT2D eigenvalue weighted by Crippen LogP contribution is 2.27. The molecule has 0 unspecified atom stereocenters. The maximum absolute atomic E-state index is 13.8. The van der Waals surface area contributed by atoms with E-state index in [2.05, 4.69) is 6.58 Å². The lowest BCUT2D eigenvalue weighted by molar-refractivity contribution is -0.143. The zero-order chi connectivity index (χ0) is 18.4. The summed E-state index contributed by atoms with van der Waals surface area (Å²) in [4.78, 5) is 13.7. The second kappa shape index (κ2) is 8.60. The average molecular weight is 347 g/mol. The van der Waals surface area contributed by atoms with Crippen LogP contribution in [0.25, 0.3) is 0 Å². The highest BCUT2D eigenvalue weighted by Gasteiger charge is 2.19. The highest BCUT2D eigenvalue weighted by atomic mass is 19.2. The molecule has 25 heavy (non-hydrogen) atoms. The van der Waals surface area contributed by atoms with Gasteiger partial charge in [-0.2, -0.15) is 0 Å². The molecule has 0 amide bonds. The molecule has 5 heteroatoms. The van der Waals surface area contributed by atoms with E-state index in [4.69, 9.17) is 4.74 Å². The lowest BCUT2D eigenvalue weighted by Crippen LogP contribution is -2.28. The van der Waals surface area contributed by atoms with Crippen LogP contribution in [0, 0.1) is 11.6 Å². The number of ether oxygens (including phenoxy) is 1. The summed E-state index contributed by atoms with van der Waals surface area (Å²) in [5, 5.41) is 0. The first-order chi connectivity index (χ1) is 12.0. The van der Waals surface area contributed by atoms with Gasteiger partial charge in [-0.25, -0.2) is 8.78 Å². The van der Waals surface area contributed by atoms with Crippen LogP contribution < -0.4 is 0 Å². The van der Waals surface area contributed by atoms with Crippen molar-refractivity contribution in [3.8, 4) is 0 Å². The number of nitrogens with zero attached hydrogens (tertiary/aromatic N) is 1. The normalized spacial score (nSPS) is 14.2. The number of hydrogen-bond acceptors (Lipinski definition) is 3. The lowest BCUT2D eigenvalue weighted by Gasteiger charge is -2.28. The molecule has 0 saturated heterocycles. The summed E-state index contributed by atoms with van der Waals surface area (Å²) in [5.74, 6) is -2.00. The number of aryl methyl sites for hydroxylation is 1. The largest absolute Gasteiger partial charge is 0.465 e. The van der Waals surface area contributed by atoms with Crippen molar-refractivity contribution < 1.29 is 18.3 Å². The number of hydrogen-bond donors (Lipinski definition) is 0. The predicted molar refractivity (Wildman–Crippen MR) is 93.6 cm³/mol. The van der Waals surface area contributed by atoms with Crippen molar-refractivity contribution >= 4 is 5.97 Å². The van der Waals surface area contributed by atoms with Crippen LogP contribution in [0.1, 0.15) is 32.3 Å². The summed E-state index contributed by atoms with van der Waals surface area (Å²) in [6.07, 6.45) is 5.37. The Morgan fingerprint density at radius 2 is 2.00 bits per heavy atom. The Morgan fingerprint density at radius 3 is 2.68 bits per heavy atom. The van der Waals surface area contributed by atoms with E-state index in [9.17, 15) is 13.6 Å². The van der Waals surface area contributed by atoms with Crippen molar-refractivity contribution in [3.63, 3.8) is 0 Å². The van der Waals surface area contributed by atoms with Crippen LogP contribution in [-0.2, 0) is 16.0 Å². The molecule has 1 aromatic carbocycles. The smallest absolute Gasteiger partial charge is 0.325 e. The first-order valence-electron chi connectivity index (χ1n) is 8.41. The molecule has 0 aromatic heterocycles. The minimum Gasteiger partial charge on any atom is -0.465 e. The number of halogens is 2. The zero-order valence-corrected chi connectivity index (χ0v) is 14.6. The molecule has 0 radical (unpaired) electrons. The van der Waals surface area contributed by atoms with E-state index in [1.807, 2.05) is 24.1 Å². The van der Waals surface area contributed by atoms with E-state index >= 15 is 0 Å². The van der Waals surface area contributed by atoms with E-state index in [1.165, 1.54) is 6.07 Å². The Balaban J connectivity index is 2.16. The van der Waals surface area contributed by atoms with Crippen LogP contribution in [0.5, 0.6) is 0 Å². The predicted octanol–water partition coefficient (Wildman–Crippen LogP) is 4.51. The third-order valence-corrected chi connectivity index (χ3v) is 4.10. The van der Waals surface area contributed by atoms with Gasteiger partial charge in [0.25, 0.3) is 0 Å². The SMILES string of the molecule is C=C1C=C(CCc2cccc(F)c2F)N(CC(=O)OCC)C=C1CC. The second-order valence-corrected chi connectivity index (χ2v) is 5.81. The molecule has 0 N–H and O–H groups in total. The number of rotatable bonds is 7. The standard InChI is InChI=1S/C20H23F2NO2/c1-4-15-12-23(13-19(24)25-5-2)17(11-14(15)3)10-9-16-7-6-8-18(21)20(16)22/h6-8,11-12H,3-5,9-10,13H2,1-2H3. The fourth-order valence-electron chi connectivity index (χ4n) is 2.76. The molecule has 1 aliphatic heterocycles. The summed E-state index contributed by atoms with van der Waals surface area (Å²) < 4.78 is 32.2. The van der Waals surface area contributed by atoms with Crippen LogP contribution in [0.4, 0.5) is 8.78 Å². The number of allylic oxidation sites excluding steroid dienone is 4. The van der Waals surface area contributed by atoms with E-state index < -0.39 is 11.6 Å². The van der Waals surface area contributed by atoms with Gasteiger partial charge in [0.15, 0.2) is 11.6 Å². The molecule has 0 aliphatic carbocycles. The van der Waals surface area contributed by atoms with Gasteiger partial charge >= 0.3 is 5.97 Å². The minimum absolute atomic E-state index is 0.0854. The summed E-state index contributed by atoms with van der Waals surface area (Å²) in [7, 11) is 0. The van der Waals surface area contributed by atoms with Crippen molar-refractivity contribution in [2.75, 3.05) is 13.2 Å². The molecule has 0 spiro atoms. The molecule has 0 fully saturated rings. The number of esters is 1. The summed E-state index contributed by atoms with van der Waals surface area (Å²) in [5.41, 5.74) is 3.05. The quantitative estimate of drug-likeness (QED) is 0.680. The zero-order valence-electron chi connectivity index (χ0n) is 14.6. The summed E-state index contributed by atoms with van der Waals surface area (Å²) >= 11 is 0. The lowest BCUT2D eigenvalue weighted by atomic mass is 9.98. The highest BCUT2D eigenvalue weighted by molar-refractivity contribution is 5.72. The van der Waals surface area contributed by atoms with Gasteiger partial charge in [0, 0.05) is 11.9 Å². The van der Waals surface area contributed by atoms with Gasteiger partial charge in [-0.1, -0.05) is 25.6 Å². The van der Waals surface area contributed by atoms with Crippen LogP contribution in [0.2, 0.25) is 0 Å². The first-order valence-corrected chi connectivity index (χ1v) is 8.41. The minimum atomic E-state index is -0.851. The van der Waals surface area contributed by atoms with E-state index in [1.54, 1.807) is 13.0 Å². The molecule has 1 aromatic rings. The topological polar surface area (TPSA) is 29.5 Å². The van der Waals surface area contributed by atoms with Crippen molar-refractivity contribution in [3.05, 3.63) is 71.1 Å². The van der Waals surface area contributed by atoms with Gasteiger partial charge in [-0.3, -0.25) is 4.79 Å². The Bertz CT molecular complexity index is 722. The molecule has 0 bridgehead atoms. The summed E-state index contributed by atoms with van der Waals surface area (Å²) in [6.45, 7) is 8.20. The van der Waals surface area contributed by atoms with Crippen LogP contribution >= 0.6 is 0 Å². The average Bonchev–Trinajstić information content (AvgIpc) is 2.58. The maximum Gasteiger partial charge on any atom is 0.325 e.